The fourth-order valence-corrected chi connectivity index (χ4v) is 3.51. The molecule has 1 aliphatic heterocycles. The lowest BCUT2D eigenvalue weighted by atomic mass is 10.0. The molecule has 0 saturated heterocycles. The third-order valence-electron chi connectivity index (χ3n) is 5.35. The summed E-state index contributed by atoms with van der Waals surface area (Å²) < 4.78 is 5.48. The highest BCUT2D eigenvalue weighted by Crippen LogP contribution is 2.35. The Morgan fingerprint density at radius 2 is 1.61 bits per heavy atom. The van der Waals surface area contributed by atoms with Crippen molar-refractivity contribution in [1.29, 1.82) is 0 Å². The van der Waals surface area contributed by atoms with Crippen molar-refractivity contribution in [3.05, 3.63) is 90.5 Å². The summed E-state index contributed by atoms with van der Waals surface area (Å²) in [5.74, 6) is 0.189. The lowest BCUT2D eigenvalue weighted by Gasteiger charge is -2.23. The summed E-state index contributed by atoms with van der Waals surface area (Å²) in [6.45, 7) is -0.0360. The van der Waals surface area contributed by atoms with E-state index in [1.807, 2.05) is 53.5 Å². The third-order valence-corrected chi connectivity index (χ3v) is 5.35. The van der Waals surface area contributed by atoms with Gasteiger partial charge in [-0.1, -0.05) is 48.5 Å². The first-order valence-electron chi connectivity index (χ1n) is 10.7. The van der Waals surface area contributed by atoms with E-state index < -0.39 is 0 Å². The summed E-state index contributed by atoms with van der Waals surface area (Å²) in [4.78, 5) is 26.1. The van der Waals surface area contributed by atoms with Gasteiger partial charge in [0, 0.05) is 26.2 Å². The molecule has 0 aliphatic carbocycles. The number of carbonyl (C=O) groups excluding carboxylic acids is 2. The Bertz CT molecular complexity index is 1130. The van der Waals surface area contributed by atoms with Crippen LogP contribution in [0.3, 0.4) is 0 Å². The Kier molecular flexibility index (Phi) is 6.69. The second kappa shape index (κ2) is 9.99. The Morgan fingerprint density at radius 3 is 2.24 bits per heavy atom. The van der Waals surface area contributed by atoms with E-state index in [9.17, 15) is 9.59 Å². The van der Waals surface area contributed by atoms with E-state index in [1.165, 1.54) is 4.90 Å². The number of hydrogen-bond acceptors (Lipinski definition) is 5. The molecule has 3 aromatic carbocycles. The second-order valence-corrected chi connectivity index (χ2v) is 7.91. The fourth-order valence-electron chi connectivity index (χ4n) is 3.51. The number of anilines is 2. The minimum atomic E-state index is -0.245. The standard InChI is InChI=1S/C26H26N4O3/c1-29(2)25(31)18-33-22-15-13-20(14-16-22)27-26(32)23-17-24(19-9-5-3-6-10-19)30(28-23)21-11-7-4-8-12-21/h3-16,24H,17-18H2,1-2H3,(H,27,32). The minimum Gasteiger partial charge on any atom is -0.484 e. The predicted octanol–water partition coefficient (Wildman–Crippen LogP) is 4.10. The van der Waals surface area contributed by atoms with Gasteiger partial charge in [0.05, 0.1) is 11.7 Å². The highest BCUT2D eigenvalue weighted by atomic mass is 16.5. The summed E-state index contributed by atoms with van der Waals surface area (Å²) in [6, 6.07) is 26.8. The molecular weight excluding hydrogens is 416 g/mol. The molecular formula is C26H26N4O3. The number of ether oxygens (including phenoxy) is 1. The van der Waals surface area contributed by atoms with Gasteiger partial charge in [0.15, 0.2) is 6.61 Å². The average molecular weight is 443 g/mol. The van der Waals surface area contributed by atoms with Crippen molar-refractivity contribution in [2.75, 3.05) is 31.0 Å². The fraction of sp³-hybridized carbons (Fsp3) is 0.192. The number of nitrogens with one attached hydrogen (secondary N) is 1. The van der Waals surface area contributed by atoms with E-state index in [1.54, 1.807) is 38.4 Å². The number of likely N-dealkylation sites (N-methyl/N-ethyl adjacent to an activating group) is 1. The van der Waals surface area contributed by atoms with E-state index in [0.717, 1.165) is 11.3 Å². The highest BCUT2D eigenvalue weighted by Gasteiger charge is 2.32. The van der Waals surface area contributed by atoms with E-state index in [4.69, 9.17) is 4.74 Å². The lowest BCUT2D eigenvalue weighted by Crippen LogP contribution is -2.27. The molecule has 2 amide bonds. The van der Waals surface area contributed by atoms with Gasteiger partial charge in [0.1, 0.15) is 11.5 Å². The first-order valence-corrected chi connectivity index (χ1v) is 10.7. The van der Waals surface area contributed by atoms with E-state index in [2.05, 4.69) is 22.6 Å². The van der Waals surface area contributed by atoms with Crippen LogP contribution in [0.1, 0.15) is 18.0 Å². The Hall–Kier alpha value is -4.13. The zero-order valence-electron chi connectivity index (χ0n) is 18.6. The molecule has 1 unspecified atom stereocenters. The van der Waals surface area contributed by atoms with Crippen LogP contribution in [0.5, 0.6) is 5.75 Å². The van der Waals surface area contributed by atoms with Crippen molar-refractivity contribution in [2.45, 2.75) is 12.5 Å². The normalized spacial score (nSPS) is 15.0. The maximum Gasteiger partial charge on any atom is 0.271 e. The Labute approximate surface area is 193 Å². The second-order valence-electron chi connectivity index (χ2n) is 7.91. The number of para-hydroxylation sites is 1. The van der Waals surface area contributed by atoms with Crippen molar-refractivity contribution >= 4 is 28.9 Å². The summed E-state index contributed by atoms with van der Waals surface area (Å²) in [5.41, 5.74) is 3.12. The molecule has 1 N–H and O–H groups in total. The number of rotatable bonds is 7. The molecule has 33 heavy (non-hydrogen) atoms. The quantitative estimate of drug-likeness (QED) is 0.598. The van der Waals surface area contributed by atoms with Crippen molar-refractivity contribution in [3.8, 4) is 5.75 Å². The van der Waals surface area contributed by atoms with Gasteiger partial charge >= 0.3 is 0 Å². The van der Waals surface area contributed by atoms with E-state index in [-0.39, 0.29) is 24.5 Å². The van der Waals surface area contributed by atoms with Crippen molar-refractivity contribution in [1.82, 2.24) is 4.90 Å². The molecule has 0 aromatic heterocycles. The van der Waals surface area contributed by atoms with Crippen LogP contribution in [0, 0.1) is 0 Å². The zero-order chi connectivity index (χ0) is 23.2. The van der Waals surface area contributed by atoms with E-state index in [0.29, 0.717) is 23.6 Å². The van der Waals surface area contributed by atoms with Gasteiger partial charge in [-0.15, -0.1) is 0 Å². The molecule has 7 heteroatoms. The van der Waals surface area contributed by atoms with Gasteiger partial charge in [-0.3, -0.25) is 14.6 Å². The molecule has 0 spiro atoms. The summed E-state index contributed by atoms with van der Waals surface area (Å²) >= 11 is 0. The van der Waals surface area contributed by atoms with Crippen molar-refractivity contribution < 1.29 is 14.3 Å². The van der Waals surface area contributed by atoms with Crippen molar-refractivity contribution in [3.63, 3.8) is 0 Å². The van der Waals surface area contributed by atoms with Crippen molar-refractivity contribution in [2.24, 2.45) is 5.10 Å². The highest BCUT2D eigenvalue weighted by molar-refractivity contribution is 6.43. The molecule has 1 heterocycles. The first kappa shape index (κ1) is 22.1. The maximum atomic E-state index is 13.0. The SMILES string of the molecule is CN(C)C(=O)COc1ccc(NC(=O)C2=NN(c3ccccc3)C(c3ccccc3)C2)cc1. The van der Waals surface area contributed by atoms with Gasteiger partial charge in [-0.2, -0.15) is 5.10 Å². The van der Waals surface area contributed by atoms with E-state index >= 15 is 0 Å². The average Bonchev–Trinajstić information content (AvgIpc) is 3.30. The summed E-state index contributed by atoms with van der Waals surface area (Å²) in [7, 11) is 3.36. The summed E-state index contributed by atoms with van der Waals surface area (Å²) in [6.07, 6.45) is 0.499. The number of nitrogens with zero attached hydrogens (tertiary/aromatic N) is 3. The largest absolute Gasteiger partial charge is 0.484 e. The number of hydrogen-bond donors (Lipinski definition) is 1. The van der Waals surface area contributed by atoms with Gasteiger partial charge < -0.3 is 15.0 Å². The molecule has 168 valence electrons. The van der Waals surface area contributed by atoms with Crippen LogP contribution in [0.2, 0.25) is 0 Å². The molecule has 1 aliphatic rings. The molecule has 0 fully saturated rings. The van der Waals surface area contributed by atoms with Gasteiger partial charge in [0.2, 0.25) is 0 Å². The molecule has 1 atom stereocenters. The predicted molar refractivity (Wildman–Crippen MR) is 129 cm³/mol. The smallest absolute Gasteiger partial charge is 0.271 e. The molecule has 0 saturated carbocycles. The van der Waals surface area contributed by atoms with Crippen LogP contribution < -0.4 is 15.1 Å². The Balaban J connectivity index is 1.46. The number of benzene rings is 3. The topological polar surface area (TPSA) is 74.2 Å². The van der Waals surface area contributed by atoms with Crippen LogP contribution in [0.25, 0.3) is 0 Å². The molecule has 7 nitrogen and oxygen atoms in total. The molecule has 0 bridgehead atoms. The van der Waals surface area contributed by atoms with Crippen LogP contribution in [0.4, 0.5) is 11.4 Å². The molecule has 4 rings (SSSR count). The monoisotopic (exact) mass is 442 g/mol. The zero-order valence-corrected chi connectivity index (χ0v) is 18.6. The molecule has 0 radical (unpaired) electrons. The maximum absolute atomic E-state index is 13.0. The van der Waals surface area contributed by atoms with Crippen LogP contribution >= 0.6 is 0 Å². The number of carbonyl (C=O) groups is 2. The van der Waals surface area contributed by atoms with Crippen LogP contribution in [0.15, 0.2) is 90.0 Å². The van der Waals surface area contributed by atoms with Crippen LogP contribution in [-0.4, -0.2) is 43.1 Å². The van der Waals surface area contributed by atoms with Gasteiger partial charge in [-0.25, -0.2) is 0 Å². The number of amides is 2. The first-order chi connectivity index (χ1) is 16.0. The third kappa shape index (κ3) is 5.38. The Morgan fingerprint density at radius 1 is 0.970 bits per heavy atom. The number of hydrazone groups is 1. The molecule has 3 aromatic rings. The summed E-state index contributed by atoms with van der Waals surface area (Å²) in [5, 5.41) is 9.48. The lowest BCUT2D eigenvalue weighted by molar-refractivity contribution is -0.130. The van der Waals surface area contributed by atoms with Gasteiger partial charge in [0.25, 0.3) is 11.8 Å². The van der Waals surface area contributed by atoms with Gasteiger partial charge in [-0.05, 0) is 42.0 Å². The minimum absolute atomic E-state index is 0.0360. The van der Waals surface area contributed by atoms with Crippen LogP contribution in [-0.2, 0) is 9.59 Å².